The van der Waals surface area contributed by atoms with Gasteiger partial charge in [-0.25, -0.2) is 0 Å². The van der Waals surface area contributed by atoms with Gasteiger partial charge in [-0.3, -0.25) is 9.89 Å². The van der Waals surface area contributed by atoms with E-state index in [4.69, 9.17) is 14.1 Å². The molecule has 0 radical (unpaired) electrons. The van der Waals surface area contributed by atoms with Crippen LogP contribution in [0.3, 0.4) is 0 Å². The van der Waals surface area contributed by atoms with Crippen molar-refractivity contribution in [3.8, 4) is 0 Å². The highest BCUT2D eigenvalue weighted by Crippen LogP contribution is 2.21. The van der Waals surface area contributed by atoms with Crippen molar-refractivity contribution >= 4 is 29.9 Å². The summed E-state index contributed by atoms with van der Waals surface area (Å²) in [5.41, 5.74) is 0. The first-order valence-corrected chi connectivity index (χ1v) is 10.6. The van der Waals surface area contributed by atoms with Gasteiger partial charge in [-0.2, -0.15) is 0 Å². The van der Waals surface area contributed by atoms with Gasteiger partial charge in [0.05, 0.1) is 19.5 Å². The van der Waals surface area contributed by atoms with Crippen LogP contribution in [0.1, 0.15) is 32.4 Å². The molecule has 2 atom stereocenters. The van der Waals surface area contributed by atoms with Crippen LogP contribution in [0.25, 0.3) is 0 Å². The molecule has 0 amide bonds. The third kappa shape index (κ3) is 7.91. The molecule has 160 valence electrons. The average Bonchev–Trinajstić information content (AvgIpc) is 3.17. The molecule has 0 spiro atoms. The fourth-order valence-corrected chi connectivity index (χ4v) is 4.16. The Kier molecular flexibility index (Phi) is 10.6. The monoisotopic (exact) mass is 504 g/mol. The Morgan fingerprint density at radius 2 is 1.96 bits per heavy atom. The number of nitrogens with one attached hydrogen (secondary N) is 1. The molecule has 0 bridgehead atoms. The van der Waals surface area contributed by atoms with Gasteiger partial charge in [-0.05, 0) is 36.8 Å². The molecule has 0 aromatic carbocycles. The predicted molar refractivity (Wildman–Crippen MR) is 125 cm³/mol. The molecule has 7 heteroatoms. The van der Waals surface area contributed by atoms with E-state index in [2.05, 4.69) is 29.0 Å². The highest BCUT2D eigenvalue weighted by molar-refractivity contribution is 14.0. The molecular weight excluding hydrogens is 467 g/mol. The summed E-state index contributed by atoms with van der Waals surface area (Å²) in [6.45, 7) is 13.6. The third-order valence-corrected chi connectivity index (χ3v) is 5.40. The van der Waals surface area contributed by atoms with Crippen LogP contribution in [0.4, 0.5) is 0 Å². The van der Waals surface area contributed by atoms with Gasteiger partial charge >= 0.3 is 0 Å². The van der Waals surface area contributed by atoms with E-state index < -0.39 is 0 Å². The molecule has 3 heterocycles. The minimum Gasteiger partial charge on any atom is -0.469 e. The minimum absolute atomic E-state index is 0. The smallest absolute Gasteiger partial charge is 0.193 e. The number of piperidine rings is 1. The number of nitrogens with zero attached hydrogens (tertiary/aromatic N) is 3. The zero-order chi connectivity index (χ0) is 18.9. The standard InChI is InChI=1S/C21H36N4O2.HI/c1-18-15-19(2)17-25(16-18)21(23-8-6-20-5-3-12-27-20)22-7-4-9-24-10-13-26-14-11-24;/h3,5,12,18-19H,4,6-11,13-17H2,1-2H3,(H,22,23);1H. The predicted octanol–water partition coefficient (Wildman–Crippen LogP) is 3.09. The summed E-state index contributed by atoms with van der Waals surface area (Å²) in [7, 11) is 0. The topological polar surface area (TPSA) is 53.2 Å². The zero-order valence-corrected chi connectivity index (χ0v) is 19.8. The van der Waals surface area contributed by atoms with E-state index in [1.54, 1.807) is 6.26 Å². The van der Waals surface area contributed by atoms with Crippen molar-refractivity contribution in [3.05, 3.63) is 24.2 Å². The van der Waals surface area contributed by atoms with Crippen molar-refractivity contribution in [2.24, 2.45) is 16.8 Å². The molecule has 6 nitrogen and oxygen atoms in total. The maximum atomic E-state index is 5.45. The molecule has 2 fully saturated rings. The average molecular weight is 504 g/mol. The number of morpholine rings is 1. The first kappa shape index (κ1) is 23.5. The van der Waals surface area contributed by atoms with Crippen molar-refractivity contribution in [3.63, 3.8) is 0 Å². The molecule has 28 heavy (non-hydrogen) atoms. The van der Waals surface area contributed by atoms with Gasteiger partial charge in [0.25, 0.3) is 0 Å². The molecule has 2 unspecified atom stereocenters. The second kappa shape index (κ2) is 12.7. The molecule has 3 rings (SSSR count). The number of hydrogen-bond acceptors (Lipinski definition) is 4. The molecule has 1 aromatic heterocycles. The highest BCUT2D eigenvalue weighted by atomic mass is 127. The molecule has 2 aliphatic rings. The Bertz CT molecular complexity index is 551. The van der Waals surface area contributed by atoms with Crippen LogP contribution in [-0.4, -0.2) is 74.8 Å². The van der Waals surface area contributed by atoms with E-state index in [9.17, 15) is 0 Å². The number of halogens is 1. The van der Waals surface area contributed by atoms with Crippen molar-refractivity contribution in [2.45, 2.75) is 33.1 Å². The highest BCUT2D eigenvalue weighted by Gasteiger charge is 2.24. The Morgan fingerprint density at radius 3 is 2.64 bits per heavy atom. The number of furan rings is 1. The maximum absolute atomic E-state index is 5.45. The van der Waals surface area contributed by atoms with Crippen LogP contribution < -0.4 is 5.32 Å². The number of aliphatic imine (C=N–C) groups is 1. The van der Waals surface area contributed by atoms with Crippen molar-refractivity contribution in [2.75, 3.05) is 59.0 Å². The summed E-state index contributed by atoms with van der Waals surface area (Å²) in [6.07, 6.45) is 5.04. The minimum atomic E-state index is 0. The number of ether oxygens (including phenoxy) is 1. The zero-order valence-electron chi connectivity index (χ0n) is 17.4. The van der Waals surface area contributed by atoms with Gasteiger partial charge in [0, 0.05) is 52.2 Å². The summed E-state index contributed by atoms with van der Waals surface area (Å²) >= 11 is 0. The third-order valence-electron chi connectivity index (χ3n) is 5.40. The van der Waals surface area contributed by atoms with E-state index in [-0.39, 0.29) is 24.0 Å². The first-order valence-electron chi connectivity index (χ1n) is 10.6. The van der Waals surface area contributed by atoms with Gasteiger partial charge < -0.3 is 19.4 Å². The Morgan fingerprint density at radius 1 is 1.21 bits per heavy atom. The van der Waals surface area contributed by atoms with Crippen LogP contribution in [0.2, 0.25) is 0 Å². The van der Waals surface area contributed by atoms with Gasteiger partial charge in [0.15, 0.2) is 5.96 Å². The first-order chi connectivity index (χ1) is 13.2. The van der Waals surface area contributed by atoms with Gasteiger partial charge in [-0.1, -0.05) is 13.8 Å². The molecule has 0 aliphatic carbocycles. The quantitative estimate of drug-likeness (QED) is 0.268. The second-order valence-electron chi connectivity index (χ2n) is 8.12. The Balaban J connectivity index is 0.00000280. The Hall–Kier alpha value is -0.800. The van der Waals surface area contributed by atoms with Crippen molar-refractivity contribution in [1.82, 2.24) is 15.1 Å². The molecule has 1 N–H and O–H groups in total. The van der Waals surface area contributed by atoms with Crippen molar-refractivity contribution in [1.29, 1.82) is 0 Å². The van der Waals surface area contributed by atoms with Crippen molar-refractivity contribution < 1.29 is 9.15 Å². The van der Waals surface area contributed by atoms with Crippen LogP contribution in [0.5, 0.6) is 0 Å². The normalized spacial score (nSPS) is 24.1. The summed E-state index contributed by atoms with van der Waals surface area (Å²) in [6, 6.07) is 3.98. The summed E-state index contributed by atoms with van der Waals surface area (Å²) in [4.78, 5) is 9.90. The largest absolute Gasteiger partial charge is 0.469 e. The molecule has 0 saturated carbocycles. The molecule has 2 saturated heterocycles. The summed E-state index contributed by atoms with van der Waals surface area (Å²) in [5.74, 6) is 3.54. The molecular formula is C21H37IN4O2. The number of guanidine groups is 1. The number of hydrogen-bond donors (Lipinski definition) is 1. The fourth-order valence-electron chi connectivity index (χ4n) is 4.16. The molecule has 1 aromatic rings. The summed E-state index contributed by atoms with van der Waals surface area (Å²) < 4.78 is 10.9. The van der Waals surface area contributed by atoms with Gasteiger partial charge in [0.2, 0.25) is 0 Å². The van der Waals surface area contributed by atoms with Gasteiger partial charge in [0.1, 0.15) is 5.76 Å². The lowest BCUT2D eigenvalue weighted by Gasteiger charge is -2.37. The van der Waals surface area contributed by atoms with Crippen LogP contribution in [-0.2, 0) is 11.2 Å². The van der Waals surface area contributed by atoms with Gasteiger partial charge in [-0.15, -0.1) is 24.0 Å². The lowest BCUT2D eigenvalue weighted by molar-refractivity contribution is 0.0377. The van der Waals surface area contributed by atoms with Crippen LogP contribution >= 0.6 is 24.0 Å². The number of rotatable bonds is 7. The summed E-state index contributed by atoms with van der Waals surface area (Å²) in [5, 5.41) is 3.59. The second-order valence-corrected chi connectivity index (χ2v) is 8.12. The fraction of sp³-hybridized carbons (Fsp3) is 0.762. The molecule has 2 aliphatic heterocycles. The van der Waals surface area contributed by atoms with E-state index in [0.29, 0.717) is 0 Å². The van der Waals surface area contributed by atoms with E-state index in [0.717, 1.165) is 95.4 Å². The van der Waals surface area contributed by atoms with E-state index >= 15 is 0 Å². The van der Waals surface area contributed by atoms with Crippen LogP contribution in [0.15, 0.2) is 27.8 Å². The SMILES string of the molecule is CC1CC(C)CN(C(=NCCCN2CCOCC2)NCCc2ccco2)C1.I. The lowest BCUT2D eigenvalue weighted by atomic mass is 9.92. The Labute approximate surface area is 187 Å². The maximum Gasteiger partial charge on any atom is 0.193 e. The lowest BCUT2D eigenvalue weighted by Crippen LogP contribution is -2.49. The van der Waals surface area contributed by atoms with Crippen LogP contribution in [0, 0.1) is 11.8 Å². The van der Waals surface area contributed by atoms with E-state index in [1.165, 1.54) is 6.42 Å². The van der Waals surface area contributed by atoms with E-state index in [1.807, 2.05) is 12.1 Å². The number of likely N-dealkylation sites (tertiary alicyclic amines) is 1.